The van der Waals surface area contributed by atoms with E-state index in [2.05, 4.69) is 15.6 Å². The smallest absolute Gasteiger partial charge is 0.307 e. The van der Waals surface area contributed by atoms with Crippen LogP contribution in [0.2, 0.25) is 0 Å². The summed E-state index contributed by atoms with van der Waals surface area (Å²) in [4.78, 5) is 38.8. The van der Waals surface area contributed by atoms with Crippen LogP contribution in [0.3, 0.4) is 0 Å². The number of nitrogens with one attached hydrogen (secondary N) is 2. The van der Waals surface area contributed by atoms with Crippen LogP contribution in [0, 0.1) is 11.8 Å². The van der Waals surface area contributed by atoms with Gasteiger partial charge in [-0.05, 0) is 31.0 Å². The molecular weight excluding hydrogens is 330 g/mol. The van der Waals surface area contributed by atoms with E-state index in [1.807, 2.05) is 6.92 Å². The molecule has 1 aliphatic rings. The molecule has 2 amide bonds. The first-order valence-electron chi connectivity index (χ1n) is 7.72. The number of aliphatic carboxylic acids is 1. The molecule has 0 bridgehead atoms. The first kappa shape index (κ1) is 16.4. The number of benzene rings is 1. The number of nitrogens with zero attached hydrogens (tertiary/aromatic N) is 1. The van der Waals surface area contributed by atoms with Gasteiger partial charge in [0.15, 0.2) is 5.13 Å². The van der Waals surface area contributed by atoms with Crippen LogP contribution in [-0.2, 0) is 14.4 Å². The molecule has 1 heterocycles. The third kappa shape index (κ3) is 3.53. The molecule has 1 aromatic carbocycles. The van der Waals surface area contributed by atoms with Crippen LogP contribution < -0.4 is 10.6 Å². The molecule has 8 heteroatoms. The summed E-state index contributed by atoms with van der Waals surface area (Å²) in [7, 11) is 0. The minimum atomic E-state index is -0.930. The molecular formula is C16H17N3O4S. The van der Waals surface area contributed by atoms with Crippen molar-refractivity contribution in [1.82, 2.24) is 4.98 Å². The number of rotatable bonds is 6. The Morgan fingerprint density at radius 3 is 2.75 bits per heavy atom. The molecule has 126 valence electrons. The molecule has 24 heavy (non-hydrogen) atoms. The van der Waals surface area contributed by atoms with Crippen LogP contribution in [0.5, 0.6) is 0 Å². The monoisotopic (exact) mass is 347 g/mol. The number of amides is 2. The summed E-state index contributed by atoms with van der Waals surface area (Å²) in [6.07, 6.45) is 1.60. The second kappa shape index (κ2) is 6.56. The summed E-state index contributed by atoms with van der Waals surface area (Å²) in [6, 6.07) is 5.26. The van der Waals surface area contributed by atoms with Gasteiger partial charge in [-0.1, -0.05) is 18.3 Å². The van der Waals surface area contributed by atoms with E-state index in [-0.39, 0.29) is 11.8 Å². The molecule has 0 unspecified atom stereocenters. The van der Waals surface area contributed by atoms with Crippen molar-refractivity contribution < 1.29 is 19.5 Å². The first-order valence-corrected chi connectivity index (χ1v) is 8.53. The average Bonchev–Trinajstić information content (AvgIpc) is 3.23. The summed E-state index contributed by atoms with van der Waals surface area (Å²) in [6.45, 7) is 1.93. The van der Waals surface area contributed by atoms with E-state index in [0.29, 0.717) is 23.7 Å². The highest BCUT2D eigenvalue weighted by molar-refractivity contribution is 7.22. The zero-order valence-corrected chi connectivity index (χ0v) is 13.9. The van der Waals surface area contributed by atoms with Crippen molar-refractivity contribution in [2.75, 3.05) is 10.6 Å². The second-order valence-electron chi connectivity index (χ2n) is 5.78. The van der Waals surface area contributed by atoms with Gasteiger partial charge >= 0.3 is 5.97 Å². The molecule has 1 saturated carbocycles. The summed E-state index contributed by atoms with van der Waals surface area (Å²) in [5.41, 5.74) is 1.33. The predicted molar refractivity (Wildman–Crippen MR) is 91.0 cm³/mol. The molecule has 3 N–H and O–H groups in total. The van der Waals surface area contributed by atoms with Gasteiger partial charge in [-0.2, -0.15) is 0 Å². The van der Waals surface area contributed by atoms with Gasteiger partial charge in [0.05, 0.1) is 22.1 Å². The lowest BCUT2D eigenvalue weighted by Gasteiger charge is -2.03. The summed E-state index contributed by atoms with van der Waals surface area (Å²) >= 11 is 1.33. The molecule has 0 radical (unpaired) electrons. The molecule has 7 nitrogen and oxygen atoms in total. The van der Waals surface area contributed by atoms with E-state index < -0.39 is 17.8 Å². The predicted octanol–water partition coefficient (Wildman–Crippen LogP) is 2.69. The van der Waals surface area contributed by atoms with E-state index >= 15 is 0 Å². The Hall–Kier alpha value is -2.48. The number of hydrogen-bond donors (Lipinski definition) is 3. The largest absolute Gasteiger partial charge is 0.481 e. The standard InChI is InChI=1S/C16H17N3O4S/c1-2-3-13(20)19-16-18-11-5-4-8(6-12(11)24-16)17-14(21)9-7-10(9)15(22)23/h4-6,9-10H,2-3,7H2,1H3,(H,17,21)(H,22,23)(H,18,19,20)/t9-,10-/m1/s1. The van der Waals surface area contributed by atoms with Crippen molar-refractivity contribution >= 4 is 50.2 Å². The number of carboxylic acid groups (broad SMARTS) is 1. The Kier molecular flexibility index (Phi) is 4.48. The Balaban J connectivity index is 1.68. The Morgan fingerprint density at radius 1 is 1.29 bits per heavy atom. The Labute approximate surface area is 142 Å². The molecule has 0 saturated heterocycles. The topological polar surface area (TPSA) is 108 Å². The fraction of sp³-hybridized carbons (Fsp3) is 0.375. The van der Waals surface area contributed by atoms with E-state index in [1.54, 1.807) is 18.2 Å². The molecule has 1 aliphatic carbocycles. The fourth-order valence-electron chi connectivity index (χ4n) is 2.46. The lowest BCUT2D eigenvalue weighted by Crippen LogP contribution is -2.16. The van der Waals surface area contributed by atoms with Gasteiger partial charge < -0.3 is 15.7 Å². The van der Waals surface area contributed by atoms with Gasteiger partial charge in [0.25, 0.3) is 0 Å². The van der Waals surface area contributed by atoms with Gasteiger partial charge in [-0.25, -0.2) is 4.98 Å². The molecule has 0 spiro atoms. The van der Waals surface area contributed by atoms with Crippen LogP contribution in [0.25, 0.3) is 10.2 Å². The summed E-state index contributed by atoms with van der Waals surface area (Å²) in [5, 5.41) is 14.9. The van der Waals surface area contributed by atoms with Crippen molar-refractivity contribution in [3.8, 4) is 0 Å². The number of fused-ring (bicyclic) bond motifs is 1. The first-order chi connectivity index (χ1) is 11.5. The van der Waals surface area contributed by atoms with E-state index in [4.69, 9.17) is 5.11 Å². The van der Waals surface area contributed by atoms with Crippen LogP contribution in [0.15, 0.2) is 18.2 Å². The fourth-order valence-corrected chi connectivity index (χ4v) is 3.38. The van der Waals surface area contributed by atoms with Crippen LogP contribution in [0.4, 0.5) is 10.8 Å². The quantitative estimate of drug-likeness (QED) is 0.744. The maximum absolute atomic E-state index is 12.0. The number of carbonyl (C=O) groups is 3. The van der Waals surface area contributed by atoms with Crippen LogP contribution in [0.1, 0.15) is 26.2 Å². The van der Waals surface area contributed by atoms with Crippen molar-refractivity contribution in [3.05, 3.63) is 18.2 Å². The number of carbonyl (C=O) groups excluding carboxylic acids is 2. The maximum atomic E-state index is 12.0. The van der Waals surface area contributed by atoms with Crippen LogP contribution in [-0.4, -0.2) is 27.9 Å². The van der Waals surface area contributed by atoms with Gasteiger partial charge in [0.2, 0.25) is 11.8 Å². The third-order valence-electron chi connectivity index (χ3n) is 3.82. The number of carboxylic acids is 1. The van der Waals surface area contributed by atoms with Gasteiger partial charge in [0.1, 0.15) is 0 Å². The molecule has 2 atom stereocenters. The normalized spacial score (nSPS) is 19.0. The van der Waals surface area contributed by atoms with Crippen molar-refractivity contribution in [2.45, 2.75) is 26.2 Å². The van der Waals surface area contributed by atoms with E-state index in [0.717, 1.165) is 16.6 Å². The van der Waals surface area contributed by atoms with E-state index in [9.17, 15) is 14.4 Å². The van der Waals surface area contributed by atoms with Gasteiger partial charge in [-0.15, -0.1) is 0 Å². The average molecular weight is 347 g/mol. The van der Waals surface area contributed by atoms with E-state index in [1.165, 1.54) is 11.3 Å². The van der Waals surface area contributed by atoms with Crippen LogP contribution >= 0.6 is 11.3 Å². The number of hydrogen-bond acceptors (Lipinski definition) is 5. The van der Waals surface area contributed by atoms with Crippen molar-refractivity contribution in [3.63, 3.8) is 0 Å². The molecule has 0 aliphatic heterocycles. The third-order valence-corrected chi connectivity index (χ3v) is 4.76. The van der Waals surface area contributed by atoms with Gasteiger partial charge in [0, 0.05) is 12.1 Å². The number of thiazole rings is 1. The maximum Gasteiger partial charge on any atom is 0.307 e. The molecule has 2 aromatic rings. The SMILES string of the molecule is CCCC(=O)Nc1nc2ccc(NC(=O)[C@@H]3C[C@H]3C(=O)O)cc2s1. The lowest BCUT2D eigenvalue weighted by molar-refractivity contribution is -0.139. The highest BCUT2D eigenvalue weighted by atomic mass is 32.1. The second-order valence-corrected chi connectivity index (χ2v) is 6.81. The minimum Gasteiger partial charge on any atom is -0.481 e. The minimum absolute atomic E-state index is 0.0708. The van der Waals surface area contributed by atoms with Crippen molar-refractivity contribution in [1.29, 1.82) is 0 Å². The molecule has 1 fully saturated rings. The summed E-state index contributed by atoms with van der Waals surface area (Å²) < 4.78 is 0.838. The number of aromatic nitrogens is 1. The molecule has 3 rings (SSSR count). The number of anilines is 2. The Morgan fingerprint density at radius 2 is 2.08 bits per heavy atom. The van der Waals surface area contributed by atoms with Gasteiger partial charge in [-0.3, -0.25) is 14.4 Å². The highest BCUT2D eigenvalue weighted by Gasteiger charge is 2.48. The summed E-state index contributed by atoms with van der Waals surface area (Å²) in [5.74, 6) is -2.30. The van der Waals surface area contributed by atoms with Crippen molar-refractivity contribution in [2.24, 2.45) is 11.8 Å². The lowest BCUT2D eigenvalue weighted by atomic mass is 10.2. The zero-order chi connectivity index (χ0) is 17.3. The zero-order valence-electron chi connectivity index (χ0n) is 13.0. The highest BCUT2D eigenvalue weighted by Crippen LogP contribution is 2.39. The molecule has 1 aromatic heterocycles. The Bertz CT molecular complexity index is 817.